The first-order valence-corrected chi connectivity index (χ1v) is 11.5. The lowest BCUT2D eigenvalue weighted by atomic mass is 9.96. The van der Waals surface area contributed by atoms with E-state index < -0.39 is 0 Å². The van der Waals surface area contributed by atoms with Crippen molar-refractivity contribution < 1.29 is 5.11 Å². The molecule has 166 valence electrons. The molecule has 5 nitrogen and oxygen atoms in total. The van der Waals surface area contributed by atoms with Gasteiger partial charge in [-0.25, -0.2) is 0 Å². The molecular formula is C26H23ClN4OS. The molecule has 1 aliphatic rings. The molecule has 33 heavy (non-hydrogen) atoms. The summed E-state index contributed by atoms with van der Waals surface area (Å²) in [5.41, 5.74) is 5.66. The molecule has 1 saturated heterocycles. The Kier molecular flexibility index (Phi) is 5.56. The number of aromatic hydroxyl groups is 1. The van der Waals surface area contributed by atoms with Crippen LogP contribution in [0.3, 0.4) is 0 Å². The molecule has 0 bridgehead atoms. The van der Waals surface area contributed by atoms with Crippen molar-refractivity contribution in [3.8, 4) is 11.4 Å². The van der Waals surface area contributed by atoms with Crippen molar-refractivity contribution in [2.45, 2.75) is 25.9 Å². The van der Waals surface area contributed by atoms with E-state index in [1.54, 1.807) is 18.3 Å². The second kappa shape index (κ2) is 8.54. The van der Waals surface area contributed by atoms with Crippen LogP contribution < -0.4 is 10.2 Å². The number of nitrogens with zero attached hydrogens (tertiary/aromatic N) is 3. The van der Waals surface area contributed by atoms with Crippen LogP contribution >= 0.6 is 23.8 Å². The average Bonchev–Trinajstić information content (AvgIpc) is 3.30. The molecule has 7 heteroatoms. The van der Waals surface area contributed by atoms with E-state index in [1.165, 1.54) is 0 Å². The molecule has 4 aromatic rings. The third kappa shape index (κ3) is 3.65. The summed E-state index contributed by atoms with van der Waals surface area (Å²) < 4.78 is 2.16. The number of hydrogen-bond donors (Lipinski definition) is 2. The first kappa shape index (κ1) is 21.5. The molecule has 0 unspecified atom stereocenters. The molecular weight excluding hydrogens is 452 g/mol. The van der Waals surface area contributed by atoms with E-state index in [0.29, 0.717) is 15.8 Å². The first-order valence-electron chi connectivity index (χ1n) is 10.7. The maximum Gasteiger partial charge on any atom is 0.174 e. The fraction of sp³-hybridized carbons (Fsp3) is 0.154. The molecule has 2 aromatic carbocycles. The highest BCUT2D eigenvalue weighted by Gasteiger charge is 2.43. The Morgan fingerprint density at radius 1 is 0.970 bits per heavy atom. The van der Waals surface area contributed by atoms with Crippen LogP contribution in [0.4, 0.5) is 5.69 Å². The predicted molar refractivity (Wildman–Crippen MR) is 136 cm³/mol. The summed E-state index contributed by atoms with van der Waals surface area (Å²) in [6, 6.07) is 22.7. The van der Waals surface area contributed by atoms with Crippen molar-refractivity contribution in [3.05, 3.63) is 107 Å². The van der Waals surface area contributed by atoms with Gasteiger partial charge in [-0.3, -0.25) is 4.98 Å². The van der Waals surface area contributed by atoms with Crippen LogP contribution in [0.2, 0.25) is 5.02 Å². The van der Waals surface area contributed by atoms with Crippen molar-refractivity contribution in [1.29, 1.82) is 0 Å². The number of rotatable bonds is 4. The van der Waals surface area contributed by atoms with Gasteiger partial charge in [0.1, 0.15) is 5.75 Å². The molecule has 0 saturated carbocycles. The fourth-order valence-electron chi connectivity index (χ4n) is 4.69. The van der Waals surface area contributed by atoms with Gasteiger partial charge in [-0.1, -0.05) is 41.9 Å². The Hall–Kier alpha value is -3.35. The van der Waals surface area contributed by atoms with Crippen molar-refractivity contribution >= 4 is 34.6 Å². The van der Waals surface area contributed by atoms with Gasteiger partial charge in [0.2, 0.25) is 0 Å². The summed E-state index contributed by atoms with van der Waals surface area (Å²) in [4.78, 5) is 6.60. The van der Waals surface area contributed by atoms with Gasteiger partial charge in [0.05, 0.1) is 34.2 Å². The summed E-state index contributed by atoms with van der Waals surface area (Å²) in [5.74, 6) is 0.174. The number of thiocarbonyl (C=S) groups is 1. The number of nitrogens with one attached hydrogen (secondary N) is 1. The Bertz CT molecular complexity index is 1340. The molecule has 3 heterocycles. The zero-order chi connectivity index (χ0) is 23.1. The van der Waals surface area contributed by atoms with Crippen molar-refractivity contribution in [2.24, 2.45) is 0 Å². The predicted octanol–water partition coefficient (Wildman–Crippen LogP) is 6.03. The van der Waals surface area contributed by atoms with Crippen molar-refractivity contribution in [1.82, 2.24) is 14.9 Å². The minimum Gasteiger partial charge on any atom is -0.506 e. The number of benzene rings is 2. The van der Waals surface area contributed by atoms with Crippen LogP contribution in [-0.4, -0.2) is 19.8 Å². The fourth-order valence-corrected chi connectivity index (χ4v) is 5.25. The van der Waals surface area contributed by atoms with Crippen molar-refractivity contribution in [3.63, 3.8) is 0 Å². The topological polar surface area (TPSA) is 53.3 Å². The first-order chi connectivity index (χ1) is 16.0. The number of phenols is 1. The van der Waals surface area contributed by atoms with E-state index in [4.69, 9.17) is 23.8 Å². The number of anilines is 1. The van der Waals surface area contributed by atoms with Crippen LogP contribution in [0.5, 0.6) is 5.75 Å². The Morgan fingerprint density at radius 2 is 1.67 bits per heavy atom. The summed E-state index contributed by atoms with van der Waals surface area (Å²) in [5, 5.41) is 15.4. The third-order valence-electron chi connectivity index (χ3n) is 6.12. The third-order valence-corrected chi connectivity index (χ3v) is 6.76. The number of phenolic OH excluding ortho intramolecular Hbond substituents is 1. The standard InChI is InChI=1S/C26H23ClN4OS/c1-16-15-18(17(2)30(16)21-11-4-3-9-19(21)27)25-24(20-10-7-8-14-28-20)29-26(33)31(25)22-12-5-6-13-23(22)32/h3-15,24-25,32H,1-2H3,(H,29,33)/t24-,25-/m0/s1. The van der Waals surface area contributed by atoms with E-state index in [-0.39, 0.29) is 17.8 Å². The molecule has 2 N–H and O–H groups in total. The van der Waals surface area contributed by atoms with Gasteiger partial charge in [-0.15, -0.1) is 0 Å². The summed E-state index contributed by atoms with van der Waals surface area (Å²) >= 11 is 12.3. The Balaban J connectivity index is 1.71. The van der Waals surface area contributed by atoms with Crippen LogP contribution in [-0.2, 0) is 0 Å². The highest BCUT2D eigenvalue weighted by Crippen LogP contribution is 2.46. The number of halogens is 1. The molecule has 0 spiro atoms. The highest BCUT2D eigenvalue weighted by atomic mass is 35.5. The normalized spacial score (nSPS) is 17.9. The Labute approximate surface area is 203 Å². The summed E-state index contributed by atoms with van der Waals surface area (Å²) in [6.07, 6.45) is 1.78. The van der Waals surface area contributed by atoms with Crippen molar-refractivity contribution in [2.75, 3.05) is 4.90 Å². The second-order valence-corrected chi connectivity index (χ2v) is 8.89. The van der Waals surface area contributed by atoms with Gasteiger partial charge < -0.3 is 19.9 Å². The average molecular weight is 475 g/mol. The van der Waals surface area contributed by atoms with Crippen LogP contribution in [0.15, 0.2) is 79.0 Å². The minimum absolute atomic E-state index is 0.174. The maximum absolute atomic E-state index is 10.7. The zero-order valence-corrected chi connectivity index (χ0v) is 19.8. The van der Waals surface area contributed by atoms with Gasteiger partial charge >= 0.3 is 0 Å². The second-order valence-electron chi connectivity index (χ2n) is 8.10. The highest BCUT2D eigenvalue weighted by molar-refractivity contribution is 7.80. The summed E-state index contributed by atoms with van der Waals surface area (Å²) in [7, 11) is 0. The quantitative estimate of drug-likeness (QED) is 0.354. The number of pyridine rings is 1. The Morgan fingerprint density at radius 3 is 2.36 bits per heavy atom. The van der Waals surface area contributed by atoms with Gasteiger partial charge in [-0.05, 0) is 74.1 Å². The SMILES string of the molecule is Cc1cc([C@H]2[C@H](c3ccccn3)NC(=S)N2c2ccccc2O)c(C)n1-c1ccccc1Cl. The summed E-state index contributed by atoms with van der Waals surface area (Å²) in [6.45, 7) is 4.16. The van der Waals surface area contributed by atoms with Crippen LogP contribution in [0.25, 0.3) is 5.69 Å². The van der Waals surface area contributed by atoms with Gasteiger partial charge in [0, 0.05) is 17.6 Å². The molecule has 0 amide bonds. The molecule has 5 rings (SSSR count). The van der Waals surface area contributed by atoms with Gasteiger partial charge in [0.15, 0.2) is 5.11 Å². The van der Waals surface area contributed by atoms with E-state index >= 15 is 0 Å². The molecule has 0 radical (unpaired) electrons. The number of para-hydroxylation sites is 3. The lowest BCUT2D eigenvalue weighted by Crippen LogP contribution is -2.29. The smallest absolute Gasteiger partial charge is 0.174 e. The lowest BCUT2D eigenvalue weighted by molar-refractivity contribution is 0.472. The van der Waals surface area contributed by atoms with Gasteiger partial charge in [-0.2, -0.15) is 0 Å². The largest absolute Gasteiger partial charge is 0.506 e. The monoisotopic (exact) mass is 474 g/mol. The number of hydrogen-bond acceptors (Lipinski definition) is 3. The van der Waals surface area contributed by atoms with Gasteiger partial charge in [0.25, 0.3) is 0 Å². The number of aryl methyl sites for hydroxylation is 1. The zero-order valence-electron chi connectivity index (χ0n) is 18.2. The molecule has 1 aliphatic heterocycles. The molecule has 0 aliphatic carbocycles. The molecule has 2 atom stereocenters. The molecule has 2 aromatic heterocycles. The van der Waals surface area contributed by atoms with E-state index in [9.17, 15) is 5.11 Å². The van der Waals surface area contributed by atoms with Crippen LogP contribution in [0.1, 0.15) is 34.7 Å². The van der Waals surface area contributed by atoms with E-state index in [1.807, 2.05) is 59.5 Å². The minimum atomic E-state index is -0.219. The number of aromatic nitrogens is 2. The lowest BCUT2D eigenvalue weighted by Gasteiger charge is -2.28. The molecule has 1 fully saturated rings. The van der Waals surface area contributed by atoms with E-state index in [2.05, 4.69) is 34.8 Å². The van der Waals surface area contributed by atoms with E-state index in [0.717, 1.165) is 28.3 Å². The van der Waals surface area contributed by atoms with Crippen LogP contribution in [0, 0.1) is 13.8 Å². The maximum atomic E-state index is 10.7.